The van der Waals surface area contributed by atoms with E-state index in [4.69, 9.17) is 4.74 Å². The summed E-state index contributed by atoms with van der Waals surface area (Å²) in [5.41, 5.74) is 2.67. The van der Waals surface area contributed by atoms with Crippen molar-refractivity contribution in [2.45, 2.75) is 32.3 Å². The first-order valence-electron chi connectivity index (χ1n) is 10.6. The molecule has 0 bridgehead atoms. The van der Waals surface area contributed by atoms with E-state index in [0.29, 0.717) is 24.7 Å². The van der Waals surface area contributed by atoms with Crippen LogP contribution in [0, 0.1) is 17.2 Å². The molecule has 1 aliphatic heterocycles. The van der Waals surface area contributed by atoms with Crippen LogP contribution < -0.4 is 10.1 Å². The van der Waals surface area contributed by atoms with Gasteiger partial charge in [-0.05, 0) is 36.6 Å². The van der Waals surface area contributed by atoms with Gasteiger partial charge in [-0.2, -0.15) is 10.4 Å². The smallest absolute Gasteiger partial charge is 0.228 e. The summed E-state index contributed by atoms with van der Waals surface area (Å²) < 4.78 is 7.89. The molecule has 3 aromatic rings. The Morgan fingerprint density at radius 2 is 2.09 bits per heavy atom. The van der Waals surface area contributed by atoms with Gasteiger partial charge in [0.15, 0.2) is 5.82 Å². The number of hydrogen-bond acceptors (Lipinski definition) is 6. The summed E-state index contributed by atoms with van der Waals surface area (Å²) in [5, 5.41) is 16.6. The lowest BCUT2D eigenvalue weighted by Gasteiger charge is -2.18. The number of fused-ring (bicyclic) bond motifs is 1. The van der Waals surface area contributed by atoms with Crippen molar-refractivity contribution < 1.29 is 14.3 Å². The molecule has 2 fully saturated rings. The summed E-state index contributed by atoms with van der Waals surface area (Å²) in [5.74, 6) is 1.22. The summed E-state index contributed by atoms with van der Waals surface area (Å²) in [6.07, 6.45) is 5.84. The molecule has 1 aliphatic carbocycles. The van der Waals surface area contributed by atoms with Gasteiger partial charge in [-0.15, -0.1) is 0 Å². The number of anilines is 1. The van der Waals surface area contributed by atoms with E-state index in [9.17, 15) is 14.9 Å². The Balaban J connectivity index is 1.44. The minimum atomic E-state index is -0.129. The van der Waals surface area contributed by atoms with Gasteiger partial charge in [0.25, 0.3) is 0 Å². The normalized spacial score (nSPS) is 17.9. The zero-order valence-electron chi connectivity index (χ0n) is 17.6. The molecule has 1 unspecified atom stereocenters. The minimum absolute atomic E-state index is 0.00767. The van der Waals surface area contributed by atoms with E-state index in [0.717, 1.165) is 35.9 Å². The van der Waals surface area contributed by atoms with Crippen molar-refractivity contribution in [1.82, 2.24) is 19.5 Å². The highest BCUT2D eigenvalue weighted by atomic mass is 16.5. The average molecular weight is 430 g/mol. The predicted octanol–water partition coefficient (Wildman–Crippen LogP) is 2.62. The molecule has 3 aromatic heterocycles. The molecule has 162 valence electrons. The molecule has 0 radical (unpaired) electrons. The quantitative estimate of drug-likeness (QED) is 0.666. The molecule has 1 saturated carbocycles. The van der Waals surface area contributed by atoms with Gasteiger partial charge in [-0.3, -0.25) is 9.59 Å². The fourth-order valence-electron chi connectivity index (χ4n) is 3.91. The molecule has 5 rings (SSSR count). The zero-order valence-corrected chi connectivity index (χ0v) is 17.6. The molecule has 9 nitrogen and oxygen atoms in total. The highest BCUT2D eigenvalue weighted by Crippen LogP contribution is 2.33. The van der Waals surface area contributed by atoms with Crippen molar-refractivity contribution in [2.75, 3.05) is 18.4 Å². The number of likely N-dealkylation sites (tertiary alicyclic amines) is 1. The van der Waals surface area contributed by atoms with Crippen LogP contribution in [0.25, 0.3) is 16.6 Å². The van der Waals surface area contributed by atoms with E-state index >= 15 is 0 Å². The zero-order chi connectivity index (χ0) is 22.2. The highest BCUT2D eigenvalue weighted by Gasteiger charge is 2.30. The van der Waals surface area contributed by atoms with Gasteiger partial charge in [0.1, 0.15) is 23.6 Å². The SMILES string of the molecule is CC(=O)N1CCC(Oc2cnc(C#N)cc2-c2ccn3nc(NC(=O)C4CC4)cc3c2)C1. The lowest BCUT2D eigenvalue weighted by molar-refractivity contribution is -0.128. The molecule has 9 heteroatoms. The molecular formula is C23H22N6O3. The van der Waals surface area contributed by atoms with E-state index < -0.39 is 0 Å². The maximum Gasteiger partial charge on any atom is 0.228 e. The fraction of sp³-hybridized carbons (Fsp3) is 0.348. The molecule has 4 heterocycles. The number of ether oxygens (including phenoxy) is 1. The number of nitrogens with one attached hydrogen (secondary N) is 1. The van der Waals surface area contributed by atoms with Gasteiger partial charge in [-0.1, -0.05) is 0 Å². The number of rotatable bonds is 5. The Morgan fingerprint density at radius 1 is 1.25 bits per heavy atom. The van der Waals surface area contributed by atoms with Gasteiger partial charge < -0.3 is 15.0 Å². The lowest BCUT2D eigenvalue weighted by Crippen LogP contribution is -2.28. The van der Waals surface area contributed by atoms with Gasteiger partial charge in [0, 0.05) is 43.6 Å². The first kappa shape index (κ1) is 20.0. The Morgan fingerprint density at radius 3 is 2.81 bits per heavy atom. The minimum Gasteiger partial charge on any atom is -0.486 e. The van der Waals surface area contributed by atoms with Crippen LogP contribution in [-0.4, -0.2) is 50.5 Å². The maximum absolute atomic E-state index is 12.0. The molecule has 32 heavy (non-hydrogen) atoms. The Kier molecular flexibility index (Phi) is 4.98. The summed E-state index contributed by atoms with van der Waals surface area (Å²) in [4.78, 5) is 29.6. The Hall–Kier alpha value is -3.93. The van der Waals surface area contributed by atoms with Crippen LogP contribution in [0.2, 0.25) is 0 Å². The first-order chi connectivity index (χ1) is 15.5. The number of carbonyl (C=O) groups excluding carboxylic acids is 2. The number of carbonyl (C=O) groups is 2. The number of pyridine rings is 2. The number of amides is 2. The van der Waals surface area contributed by atoms with Crippen molar-refractivity contribution in [1.29, 1.82) is 5.26 Å². The van der Waals surface area contributed by atoms with Crippen LogP contribution in [0.5, 0.6) is 5.75 Å². The van der Waals surface area contributed by atoms with E-state index in [2.05, 4.69) is 21.5 Å². The second-order valence-corrected chi connectivity index (χ2v) is 8.25. The highest BCUT2D eigenvalue weighted by molar-refractivity contribution is 5.93. The number of aromatic nitrogens is 3. The molecule has 1 saturated heterocycles. The maximum atomic E-state index is 12.0. The fourth-order valence-corrected chi connectivity index (χ4v) is 3.91. The van der Waals surface area contributed by atoms with Crippen molar-refractivity contribution in [3.05, 3.63) is 42.4 Å². The second kappa shape index (κ2) is 7.96. The molecule has 2 amide bonds. The molecule has 1 atom stereocenters. The number of hydrogen-bond donors (Lipinski definition) is 1. The molecule has 1 N–H and O–H groups in total. The average Bonchev–Trinajstić information content (AvgIpc) is 3.40. The van der Waals surface area contributed by atoms with Gasteiger partial charge in [-0.25, -0.2) is 9.50 Å². The van der Waals surface area contributed by atoms with Crippen molar-refractivity contribution in [2.24, 2.45) is 5.92 Å². The summed E-state index contributed by atoms with van der Waals surface area (Å²) >= 11 is 0. The molecule has 2 aliphatic rings. The number of nitrogens with zero attached hydrogens (tertiary/aromatic N) is 5. The molecule has 0 aromatic carbocycles. The van der Waals surface area contributed by atoms with Crippen LogP contribution in [0.15, 0.2) is 36.7 Å². The molecular weight excluding hydrogens is 408 g/mol. The number of nitriles is 1. The van der Waals surface area contributed by atoms with Gasteiger partial charge >= 0.3 is 0 Å². The Labute approximate surface area is 184 Å². The standard InChI is InChI=1S/C23H22N6O3/c1-14(30)28-6-5-19(13-28)32-21-12-25-17(11-24)9-20(21)16-4-7-29-18(8-16)10-22(27-29)26-23(31)15-2-3-15/h4,7-10,12,15,19H,2-3,5-6,13H2,1H3,(H,26,27,31). The van der Waals surface area contributed by atoms with Crippen molar-refractivity contribution >= 4 is 23.1 Å². The largest absolute Gasteiger partial charge is 0.486 e. The third-order valence-electron chi connectivity index (χ3n) is 5.84. The van der Waals surface area contributed by atoms with E-state index in [-0.39, 0.29) is 29.5 Å². The predicted molar refractivity (Wildman–Crippen MR) is 116 cm³/mol. The summed E-state index contributed by atoms with van der Waals surface area (Å²) in [6.45, 7) is 2.75. The van der Waals surface area contributed by atoms with Crippen LogP contribution in [0.3, 0.4) is 0 Å². The Bertz CT molecular complexity index is 1260. The van der Waals surface area contributed by atoms with Crippen LogP contribution in [-0.2, 0) is 9.59 Å². The van der Waals surface area contributed by atoms with Crippen LogP contribution in [0.4, 0.5) is 5.82 Å². The third-order valence-corrected chi connectivity index (χ3v) is 5.84. The summed E-state index contributed by atoms with van der Waals surface area (Å²) in [6, 6.07) is 9.40. The van der Waals surface area contributed by atoms with Crippen LogP contribution >= 0.6 is 0 Å². The van der Waals surface area contributed by atoms with Gasteiger partial charge in [0.05, 0.1) is 18.3 Å². The lowest BCUT2D eigenvalue weighted by atomic mass is 10.1. The summed E-state index contributed by atoms with van der Waals surface area (Å²) in [7, 11) is 0. The van der Waals surface area contributed by atoms with Crippen molar-refractivity contribution in [3.8, 4) is 22.9 Å². The first-order valence-corrected chi connectivity index (χ1v) is 10.6. The third kappa shape index (κ3) is 3.99. The topological polar surface area (TPSA) is 113 Å². The second-order valence-electron chi connectivity index (χ2n) is 8.25. The van der Waals surface area contributed by atoms with E-state index in [1.807, 2.05) is 18.2 Å². The van der Waals surface area contributed by atoms with E-state index in [1.165, 1.54) is 0 Å². The molecule has 0 spiro atoms. The van der Waals surface area contributed by atoms with Crippen LogP contribution in [0.1, 0.15) is 31.9 Å². The van der Waals surface area contributed by atoms with Crippen molar-refractivity contribution in [3.63, 3.8) is 0 Å². The van der Waals surface area contributed by atoms with Gasteiger partial charge in [0.2, 0.25) is 11.8 Å². The monoisotopic (exact) mass is 430 g/mol. The van der Waals surface area contributed by atoms with E-state index in [1.54, 1.807) is 34.8 Å².